The number of hydrogen-bond donors (Lipinski definition) is 2. The van der Waals surface area contributed by atoms with Crippen molar-refractivity contribution < 1.29 is 24.2 Å². The average molecular weight is 506 g/mol. The first-order valence-electron chi connectivity index (χ1n) is 11.2. The van der Waals surface area contributed by atoms with Gasteiger partial charge in [0.25, 0.3) is 5.91 Å². The van der Waals surface area contributed by atoms with Crippen LogP contribution < -0.4 is 14.8 Å². The summed E-state index contributed by atoms with van der Waals surface area (Å²) >= 11 is 12.1. The zero-order chi connectivity index (χ0) is 24.7. The molecular formula is C26H29Cl2NO5. The molecule has 1 saturated carbocycles. The molecule has 0 aromatic heterocycles. The number of carbonyl (C=O) groups excluding carboxylic acids is 1. The van der Waals surface area contributed by atoms with Gasteiger partial charge in [0, 0.05) is 6.42 Å². The number of nitrogens with one attached hydrogen (secondary N) is 1. The van der Waals surface area contributed by atoms with E-state index in [0.29, 0.717) is 11.5 Å². The van der Waals surface area contributed by atoms with Crippen LogP contribution in [0.25, 0.3) is 11.1 Å². The van der Waals surface area contributed by atoms with Gasteiger partial charge in [-0.3, -0.25) is 4.79 Å². The molecule has 0 unspecified atom stereocenters. The lowest BCUT2D eigenvalue weighted by Crippen LogP contribution is -2.44. The molecule has 0 radical (unpaired) electrons. The second-order valence-corrected chi connectivity index (χ2v) is 9.26. The maximum atomic E-state index is 12.9. The number of methoxy groups -OCH3 is 2. The minimum atomic E-state index is -1.13. The summed E-state index contributed by atoms with van der Waals surface area (Å²) in [5.41, 5.74) is 2.71. The van der Waals surface area contributed by atoms with Gasteiger partial charge in [-0.2, -0.15) is 0 Å². The van der Waals surface area contributed by atoms with E-state index in [0.717, 1.165) is 48.8 Å². The maximum absolute atomic E-state index is 12.9. The van der Waals surface area contributed by atoms with E-state index in [-0.39, 0.29) is 22.4 Å². The number of amides is 1. The molecule has 0 heterocycles. The Morgan fingerprint density at radius 3 is 2.09 bits per heavy atom. The molecule has 2 aromatic rings. The Hall–Kier alpha value is -2.70. The van der Waals surface area contributed by atoms with Gasteiger partial charge in [0.2, 0.25) is 0 Å². The van der Waals surface area contributed by atoms with Crippen LogP contribution in [0.3, 0.4) is 0 Å². The van der Waals surface area contributed by atoms with Crippen molar-refractivity contribution in [1.82, 2.24) is 5.32 Å². The van der Waals surface area contributed by atoms with Crippen LogP contribution in [0.5, 0.6) is 11.5 Å². The largest absolute Gasteiger partial charge is 0.496 e. The first kappa shape index (κ1) is 25.9. The third-order valence-electron chi connectivity index (χ3n) is 6.18. The number of halogens is 2. The fourth-order valence-corrected chi connectivity index (χ4v) is 4.91. The molecule has 0 saturated heterocycles. The number of hydrogen-bond acceptors (Lipinski definition) is 4. The van der Waals surface area contributed by atoms with Crippen molar-refractivity contribution >= 4 is 35.1 Å². The topological polar surface area (TPSA) is 84.9 Å². The van der Waals surface area contributed by atoms with Crippen LogP contribution in [0.15, 0.2) is 52.5 Å². The van der Waals surface area contributed by atoms with Gasteiger partial charge < -0.3 is 19.9 Å². The summed E-state index contributed by atoms with van der Waals surface area (Å²) in [6, 6.07) is 11.8. The number of rotatable bonds is 9. The van der Waals surface area contributed by atoms with Crippen LogP contribution in [0, 0.1) is 5.92 Å². The van der Waals surface area contributed by atoms with Gasteiger partial charge in [-0.05, 0) is 42.0 Å². The minimum absolute atomic E-state index is 0.0525. The lowest BCUT2D eigenvalue weighted by molar-refractivity contribution is -0.141. The zero-order valence-corrected chi connectivity index (χ0v) is 20.8. The van der Waals surface area contributed by atoms with E-state index in [2.05, 4.69) is 5.32 Å². The van der Waals surface area contributed by atoms with Crippen LogP contribution in [0.4, 0.5) is 0 Å². The summed E-state index contributed by atoms with van der Waals surface area (Å²) < 4.78 is 10.9. The Labute approximate surface area is 209 Å². The quantitative estimate of drug-likeness (QED) is 0.423. The van der Waals surface area contributed by atoms with Gasteiger partial charge in [0.05, 0.1) is 25.4 Å². The average Bonchev–Trinajstić information content (AvgIpc) is 2.84. The van der Waals surface area contributed by atoms with Crippen molar-refractivity contribution in [3.63, 3.8) is 0 Å². The second-order valence-electron chi connectivity index (χ2n) is 8.31. The Balaban J connectivity index is 1.77. The van der Waals surface area contributed by atoms with Crippen molar-refractivity contribution in [2.24, 2.45) is 5.92 Å². The molecule has 0 spiro atoms. The van der Waals surface area contributed by atoms with Gasteiger partial charge in [0.1, 0.15) is 22.0 Å². The second kappa shape index (κ2) is 12.1. The molecule has 3 rings (SSSR count). The number of carbonyl (C=O) groups is 2. The van der Waals surface area contributed by atoms with E-state index in [1.165, 1.54) is 0 Å². The summed E-state index contributed by atoms with van der Waals surface area (Å²) in [5, 5.41) is 12.4. The van der Waals surface area contributed by atoms with Crippen LogP contribution in [0.1, 0.15) is 37.7 Å². The highest BCUT2D eigenvalue weighted by atomic mass is 35.5. The van der Waals surface area contributed by atoms with Crippen molar-refractivity contribution in [2.45, 2.75) is 44.6 Å². The number of aliphatic carboxylic acids is 1. The third-order valence-corrected chi connectivity index (χ3v) is 6.58. The highest BCUT2D eigenvalue weighted by Crippen LogP contribution is 2.38. The number of ether oxygens (including phenoxy) is 2. The van der Waals surface area contributed by atoms with E-state index in [9.17, 15) is 14.7 Å². The van der Waals surface area contributed by atoms with Gasteiger partial charge >= 0.3 is 5.97 Å². The number of benzene rings is 2. The Morgan fingerprint density at radius 1 is 1.00 bits per heavy atom. The SMILES string of the molecule is COc1cccc(OC)c1-c1ccc(C[C@H](NC(=O)C(=C(Cl)Cl)C2CCCCC2)C(=O)O)cc1. The molecule has 6 nitrogen and oxygen atoms in total. The Kier molecular flexibility index (Phi) is 9.25. The van der Waals surface area contributed by atoms with Crippen molar-refractivity contribution in [1.29, 1.82) is 0 Å². The van der Waals surface area contributed by atoms with Gasteiger partial charge in [-0.25, -0.2) is 4.79 Å². The number of carboxylic acids is 1. The van der Waals surface area contributed by atoms with Crippen molar-refractivity contribution in [3.05, 3.63) is 58.1 Å². The predicted octanol–water partition coefficient (Wildman–Crippen LogP) is 5.75. The van der Waals surface area contributed by atoms with E-state index < -0.39 is 17.9 Å². The molecule has 1 fully saturated rings. The molecule has 182 valence electrons. The lowest BCUT2D eigenvalue weighted by Gasteiger charge is -2.25. The molecular weight excluding hydrogens is 477 g/mol. The molecule has 2 aromatic carbocycles. The molecule has 2 N–H and O–H groups in total. The molecule has 1 amide bonds. The monoisotopic (exact) mass is 505 g/mol. The fraction of sp³-hybridized carbons (Fsp3) is 0.385. The van der Waals surface area contributed by atoms with E-state index in [1.807, 2.05) is 42.5 Å². The normalized spacial score (nSPS) is 14.7. The molecule has 0 bridgehead atoms. The molecule has 34 heavy (non-hydrogen) atoms. The number of carboxylic acid groups (broad SMARTS) is 1. The third kappa shape index (κ3) is 6.24. The summed E-state index contributed by atoms with van der Waals surface area (Å²) in [4.78, 5) is 24.9. The molecule has 0 aliphatic heterocycles. The van der Waals surface area contributed by atoms with Gasteiger partial charge in [-0.15, -0.1) is 0 Å². The van der Waals surface area contributed by atoms with E-state index >= 15 is 0 Å². The Morgan fingerprint density at radius 2 is 1.59 bits per heavy atom. The van der Waals surface area contributed by atoms with Crippen LogP contribution >= 0.6 is 23.2 Å². The summed E-state index contributed by atoms with van der Waals surface area (Å²) in [6.07, 6.45) is 4.85. The van der Waals surface area contributed by atoms with Crippen molar-refractivity contribution in [3.8, 4) is 22.6 Å². The van der Waals surface area contributed by atoms with Crippen molar-refractivity contribution in [2.75, 3.05) is 14.2 Å². The Bertz CT molecular complexity index is 1020. The maximum Gasteiger partial charge on any atom is 0.326 e. The van der Waals surface area contributed by atoms with Crippen LogP contribution in [-0.2, 0) is 16.0 Å². The van der Waals surface area contributed by atoms with Gasteiger partial charge in [-0.1, -0.05) is 72.8 Å². The lowest BCUT2D eigenvalue weighted by atomic mass is 9.84. The zero-order valence-electron chi connectivity index (χ0n) is 19.3. The molecule has 1 aliphatic carbocycles. The first-order chi connectivity index (χ1) is 16.3. The summed E-state index contributed by atoms with van der Waals surface area (Å²) in [6.45, 7) is 0. The summed E-state index contributed by atoms with van der Waals surface area (Å²) in [7, 11) is 3.19. The van der Waals surface area contributed by atoms with Crippen LogP contribution in [-0.4, -0.2) is 37.2 Å². The summed E-state index contributed by atoms with van der Waals surface area (Å²) in [5.74, 6) is -0.360. The van der Waals surface area contributed by atoms with E-state index in [1.54, 1.807) is 14.2 Å². The minimum Gasteiger partial charge on any atom is -0.496 e. The van der Waals surface area contributed by atoms with E-state index in [4.69, 9.17) is 32.7 Å². The molecule has 8 heteroatoms. The van der Waals surface area contributed by atoms with Gasteiger partial charge in [0.15, 0.2) is 0 Å². The smallest absolute Gasteiger partial charge is 0.326 e. The van der Waals surface area contributed by atoms with Crippen LogP contribution in [0.2, 0.25) is 0 Å². The standard InChI is InChI=1S/C26H29Cl2NO5/c1-33-20-9-6-10-21(34-2)22(20)18-13-11-16(12-14-18)15-19(26(31)32)29-25(30)23(24(27)28)17-7-4-3-5-8-17/h6,9-14,17,19H,3-5,7-8,15H2,1-2H3,(H,29,30)(H,31,32)/t19-/m0/s1. The first-order valence-corrected chi connectivity index (χ1v) is 12.0. The highest BCUT2D eigenvalue weighted by molar-refractivity contribution is 6.57. The molecule has 1 aliphatic rings. The predicted molar refractivity (Wildman–Crippen MR) is 134 cm³/mol. The fourth-order valence-electron chi connectivity index (χ4n) is 4.43. The molecule has 1 atom stereocenters. The highest BCUT2D eigenvalue weighted by Gasteiger charge is 2.29.